The van der Waals surface area contributed by atoms with Crippen LogP contribution >= 0.6 is 24.0 Å². The number of hydrogen-bond donors (Lipinski definition) is 2. The fourth-order valence-electron chi connectivity index (χ4n) is 0.848. The maximum atomic E-state index is 5.64. The summed E-state index contributed by atoms with van der Waals surface area (Å²) in [6.45, 7) is 11.0. The molecule has 3 heteroatoms. The van der Waals surface area contributed by atoms with Crippen LogP contribution in [0.1, 0.15) is 34.6 Å². The van der Waals surface area contributed by atoms with E-state index in [4.69, 9.17) is 5.73 Å². The number of anilines is 2. The summed E-state index contributed by atoms with van der Waals surface area (Å²) in [5.41, 5.74) is 7.47. The lowest BCUT2D eigenvalue weighted by molar-refractivity contribution is 1.21. The zero-order valence-corrected chi connectivity index (χ0v) is 12.8. The van der Waals surface area contributed by atoms with E-state index in [0.717, 1.165) is 17.9 Å². The van der Waals surface area contributed by atoms with E-state index in [2.05, 4.69) is 5.32 Å². The van der Waals surface area contributed by atoms with Crippen molar-refractivity contribution in [1.29, 1.82) is 0 Å². The van der Waals surface area contributed by atoms with Crippen LogP contribution in [-0.4, -0.2) is 6.54 Å². The van der Waals surface area contributed by atoms with Crippen LogP contribution in [0.2, 0.25) is 0 Å². The van der Waals surface area contributed by atoms with E-state index in [0.29, 0.717) is 0 Å². The van der Waals surface area contributed by atoms with Crippen molar-refractivity contribution in [2.45, 2.75) is 34.6 Å². The summed E-state index contributed by atoms with van der Waals surface area (Å²) < 4.78 is 0. The molecule has 0 radical (unpaired) electrons. The standard InChI is InChI=1S/C8H12N2.2C2H6.HI/c1-2-10-8-6-4-3-5-7(8)9;2*1-2;/h3-6,10H,2,9H2,1H3;2*1-2H3;1H. The van der Waals surface area contributed by atoms with E-state index in [1.807, 2.05) is 58.9 Å². The van der Waals surface area contributed by atoms with Gasteiger partial charge in [0.05, 0.1) is 11.4 Å². The second-order valence-electron chi connectivity index (χ2n) is 2.12. The molecule has 1 aromatic rings. The molecule has 0 aliphatic rings. The Balaban J connectivity index is -0.000000258. The van der Waals surface area contributed by atoms with Crippen molar-refractivity contribution in [1.82, 2.24) is 0 Å². The summed E-state index contributed by atoms with van der Waals surface area (Å²) in [6.07, 6.45) is 0. The van der Waals surface area contributed by atoms with Crippen LogP contribution in [-0.2, 0) is 0 Å². The number of nitrogens with one attached hydrogen (secondary N) is 1. The van der Waals surface area contributed by atoms with Crippen LogP contribution in [0.15, 0.2) is 24.3 Å². The van der Waals surface area contributed by atoms with Crippen molar-refractivity contribution in [3.63, 3.8) is 0 Å². The molecule has 0 spiro atoms. The molecule has 3 N–H and O–H groups in total. The lowest BCUT2D eigenvalue weighted by Gasteiger charge is -2.04. The minimum atomic E-state index is 0. The Bertz CT molecular complexity index is 215. The van der Waals surface area contributed by atoms with Gasteiger partial charge in [0.15, 0.2) is 0 Å². The molecule has 0 saturated heterocycles. The molecule has 1 rings (SSSR count). The minimum Gasteiger partial charge on any atom is -0.397 e. The molecule has 0 heterocycles. The van der Waals surface area contributed by atoms with Crippen molar-refractivity contribution in [3.05, 3.63) is 24.3 Å². The van der Waals surface area contributed by atoms with Crippen molar-refractivity contribution < 1.29 is 0 Å². The smallest absolute Gasteiger partial charge is 0.0573 e. The van der Waals surface area contributed by atoms with Crippen molar-refractivity contribution in [3.8, 4) is 0 Å². The predicted octanol–water partition coefficient (Wildman–Crippen LogP) is 4.37. The highest BCUT2D eigenvalue weighted by Gasteiger charge is 1.91. The Morgan fingerprint density at radius 3 is 1.93 bits per heavy atom. The summed E-state index contributed by atoms with van der Waals surface area (Å²) in [7, 11) is 0. The van der Waals surface area contributed by atoms with E-state index in [1.54, 1.807) is 0 Å². The summed E-state index contributed by atoms with van der Waals surface area (Å²) >= 11 is 0. The second kappa shape index (κ2) is 16.0. The number of para-hydroxylation sites is 2. The van der Waals surface area contributed by atoms with Gasteiger partial charge in [-0.05, 0) is 19.1 Å². The Morgan fingerprint density at radius 1 is 1.07 bits per heavy atom. The number of benzene rings is 1. The highest BCUT2D eigenvalue weighted by molar-refractivity contribution is 14.0. The lowest BCUT2D eigenvalue weighted by Crippen LogP contribution is -1.99. The molecule has 2 nitrogen and oxygen atoms in total. The zero-order chi connectivity index (χ0) is 11.4. The maximum Gasteiger partial charge on any atom is 0.0573 e. The van der Waals surface area contributed by atoms with Gasteiger partial charge in [0.25, 0.3) is 0 Å². The molecule has 0 saturated carbocycles. The highest BCUT2D eigenvalue weighted by Crippen LogP contribution is 2.15. The Labute approximate surface area is 112 Å². The van der Waals surface area contributed by atoms with E-state index in [1.165, 1.54) is 0 Å². The van der Waals surface area contributed by atoms with Gasteiger partial charge in [0.1, 0.15) is 0 Å². The SMILES string of the molecule is CC.CC.CCNc1ccccc1N.I. The van der Waals surface area contributed by atoms with E-state index in [9.17, 15) is 0 Å². The molecule has 0 amide bonds. The van der Waals surface area contributed by atoms with Crippen molar-refractivity contribution >= 4 is 35.4 Å². The van der Waals surface area contributed by atoms with Crippen LogP contribution in [0.5, 0.6) is 0 Å². The first-order valence-electron chi connectivity index (χ1n) is 5.43. The number of nitrogens with two attached hydrogens (primary N) is 1. The normalized spacial score (nSPS) is 7.00. The maximum absolute atomic E-state index is 5.64. The summed E-state index contributed by atoms with van der Waals surface area (Å²) in [5, 5.41) is 3.15. The highest BCUT2D eigenvalue weighted by atomic mass is 127. The fourth-order valence-corrected chi connectivity index (χ4v) is 0.848. The van der Waals surface area contributed by atoms with Gasteiger partial charge < -0.3 is 11.1 Å². The van der Waals surface area contributed by atoms with Crippen molar-refractivity contribution in [2.24, 2.45) is 0 Å². The van der Waals surface area contributed by atoms with Gasteiger partial charge in [-0.15, -0.1) is 24.0 Å². The van der Waals surface area contributed by atoms with Crippen molar-refractivity contribution in [2.75, 3.05) is 17.6 Å². The molecule has 15 heavy (non-hydrogen) atoms. The Kier molecular flexibility index (Phi) is 21.4. The first-order chi connectivity index (χ1) is 6.84. The fraction of sp³-hybridized carbons (Fsp3) is 0.500. The third kappa shape index (κ3) is 9.85. The molecule has 0 bridgehead atoms. The third-order valence-corrected chi connectivity index (χ3v) is 1.33. The average Bonchev–Trinajstić information content (AvgIpc) is 2.28. The lowest BCUT2D eigenvalue weighted by atomic mass is 10.3. The largest absolute Gasteiger partial charge is 0.397 e. The molecule has 90 valence electrons. The second-order valence-corrected chi connectivity index (χ2v) is 2.12. The summed E-state index contributed by atoms with van der Waals surface area (Å²) in [4.78, 5) is 0. The monoisotopic (exact) mass is 324 g/mol. The van der Waals surface area contributed by atoms with Crippen LogP contribution in [0.25, 0.3) is 0 Å². The van der Waals surface area contributed by atoms with Gasteiger partial charge in [0, 0.05) is 6.54 Å². The number of halogens is 1. The molecular weight excluding hydrogens is 299 g/mol. The third-order valence-electron chi connectivity index (χ3n) is 1.33. The molecule has 0 unspecified atom stereocenters. The summed E-state index contributed by atoms with van der Waals surface area (Å²) in [6, 6.07) is 7.75. The number of hydrogen-bond acceptors (Lipinski definition) is 2. The first-order valence-corrected chi connectivity index (χ1v) is 5.43. The van der Waals surface area contributed by atoms with Crippen LogP contribution < -0.4 is 11.1 Å². The van der Waals surface area contributed by atoms with E-state index < -0.39 is 0 Å². The predicted molar refractivity (Wildman–Crippen MR) is 83.1 cm³/mol. The molecule has 0 aromatic heterocycles. The van der Waals surface area contributed by atoms with E-state index in [-0.39, 0.29) is 24.0 Å². The Hall–Kier alpha value is -0.450. The van der Waals surface area contributed by atoms with Gasteiger partial charge in [0.2, 0.25) is 0 Å². The zero-order valence-electron chi connectivity index (χ0n) is 10.5. The van der Waals surface area contributed by atoms with Crippen LogP contribution in [0, 0.1) is 0 Å². The topological polar surface area (TPSA) is 38.0 Å². The molecule has 1 aromatic carbocycles. The Morgan fingerprint density at radius 2 is 1.53 bits per heavy atom. The number of nitrogen functional groups attached to an aromatic ring is 1. The first kappa shape index (κ1) is 20.0. The van der Waals surface area contributed by atoms with Crippen LogP contribution in [0.4, 0.5) is 11.4 Å². The van der Waals surface area contributed by atoms with Gasteiger partial charge >= 0.3 is 0 Å². The summed E-state index contributed by atoms with van der Waals surface area (Å²) in [5.74, 6) is 0. The van der Waals surface area contributed by atoms with Crippen LogP contribution in [0.3, 0.4) is 0 Å². The quantitative estimate of drug-likeness (QED) is 0.626. The average molecular weight is 324 g/mol. The molecule has 0 fully saturated rings. The van der Waals surface area contributed by atoms with Gasteiger partial charge in [-0.3, -0.25) is 0 Å². The molecule has 0 aliphatic carbocycles. The minimum absolute atomic E-state index is 0. The van der Waals surface area contributed by atoms with E-state index >= 15 is 0 Å². The van der Waals surface area contributed by atoms with Gasteiger partial charge in [-0.2, -0.15) is 0 Å². The molecule has 0 atom stereocenters. The molecule has 0 aliphatic heterocycles. The molecular formula is C12H25IN2. The van der Waals surface area contributed by atoms with Gasteiger partial charge in [-0.25, -0.2) is 0 Å². The number of rotatable bonds is 2. The van der Waals surface area contributed by atoms with Gasteiger partial charge in [-0.1, -0.05) is 39.8 Å².